The van der Waals surface area contributed by atoms with Gasteiger partial charge in [0.1, 0.15) is 0 Å². The summed E-state index contributed by atoms with van der Waals surface area (Å²) in [6, 6.07) is 17.6. The first-order valence-electron chi connectivity index (χ1n) is 9.31. The number of amides is 1. The predicted molar refractivity (Wildman–Crippen MR) is 116 cm³/mol. The van der Waals surface area contributed by atoms with E-state index in [9.17, 15) is 4.79 Å². The SMILES string of the molecule is Cc1c(C(=O)N2C[C@@H](CN)[C@H](c3ccccc3)C2)nnn1-c1ccccc1Cl.Cl. The molecule has 8 heteroatoms. The summed E-state index contributed by atoms with van der Waals surface area (Å²) >= 11 is 6.27. The summed E-state index contributed by atoms with van der Waals surface area (Å²) in [5, 5.41) is 8.88. The van der Waals surface area contributed by atoms with Crippen molar-refractivity contribution in [2.75, 3.05) is 19.6 Å². The summed E-state index contributed by atoms with van der Waals surface area (Å²) in [4.78, 5) is 15.0. The minimum atomic E-state index is -0.118. The molecule has 4 rings (SSSR count). The van der Waals surface area contributed by atoms with E-state index in [-0.39, 0.29) is 30.2 Å². The Balaban J connectivity index is 0.00000240. The van der Waals surface area contributed by atoms with E-state index in [0.29, 0.717) is 41.7 Å². The fourth-order valence-electron chi connectivity index (χ4n) is 3.88. The zero-order chi connectivity index (χ0) is 19.7. The topological polar surface area (TPSA) is 77.0 Å². The molecule has 0 saturated carbocycles. The Morgan fingerprint density at radius 2 is 1.83 bits per heavy atom. The molecule has 152 valence electrons. The first-order valence-corrected chi connectivity index (χ1v) is 9.69. The molecule has 3 aromatic rings. The van der Waals surface area contributed by atoms with Crippen LogP contribution >= 0.6 is 24.0 Å². The second-order valence-electron chi connectivity index (χ2n) is 7.11. The van der Waals surface area contributed by atoms with E-state index >= 15 is 0 Å². The molecule has 1 saturated heterocycles. The number of rotatable bonds is 4. The maximum absolute atomic E-state index is 13.2. The average molecular weight is 432 g/mol. The Hall–Kier alpha value is -2.41. The van der Waals surface area contributed by atoms with Crippen LogP contribution in [0.1, 0.15) is 27.7 Å². The largest absolute Gasteiger partial charge is 0.336 e. The zero-order valence-electron chi connectivity index (χ0n) is 16.0. The van der Waals surface area contributed by atoms with Crippen LogP contribution in [0.3, 0.4) is 0 Å². The number of carbonyl (C=O) groups excluding carboxylic acids is 1. The molecule has 2 atom stereocenters. The number of benzene rings is 2. The molecule has 0 spiro atoms. The molecule has 2 aromatic carbocycles. The summed E-state index contributed by atoms with van der Waals surface area (Å²) in [5.74, 6) is 0.340. The van der Waals surface area contributed by atoms with Gasteiger partial charge in [0.05, 0.1) is 16.4 Å². The van der Waals surface area contributed by atoms with Gasteiger partial charge in [-0.3, -0.25) is 4.79 Å². The van der Waals surface area contributed by atoms with Crippen LogP contribution in [0.5, 0.6) is 0 Å². The molecule has 1 amide bonds. The van der Waals surface area contributed by atoms with Crippen molar-refractivity contribution in [1.82, 2.24) is 19.9 Å². The first kappa shape index (κ1) is 21.3. The molecule has 0 bridgehead atoms. The van der Waals surface area contributed by atoms with Crippen LogP contribution in [0, 0.1) is 12.8 Å². The predicted octanol–water partition coefficient (Wildman–Crippen LogP) is 3.47. The lowest BCUT2D eigenvalue weighted by Crippen LogP contribution is -2.30. The molecule has 1 aliphatic heterocycles. The fourth-order valence-corrected chi connectivity index (χ4v) is 4.10. The highest BCUT2D eigenvalue weighted by atomic mass is 35.5. The van der Waals surface area contributed by atoms with E-state index in [2.05, 4.69) is 22.4 Å². The van der Waals surface area contributed by atoms with Gasteiger partial charge in [0.25, 0.3) is 5.91 Å². The van der Waals surface area contributed by atoms with Crippen LogP contribution in [-0.4, -0.2) is 45.4 Å². The average Bonchev–Trinajstić information content (AvgIpc) is 3.32. The van der Waals surface area contributed by atoms with Crippen LogP contribution in [0.15, 0.2) is 54.6 Å². The standard InChI is InChI=1S/C21H22ClN5O.ClH/c1-14-20(24-25-27(14)19-10-6-5-9-18(19)22)21(28)26-12-16(11-23)17(13-26)15-7-3-2-4-8-15;/h2-10,16-17H,11-13,23H2,1H3;1H/t16-,17+;/m1./s1. The van der Waals surface area contributed by atoms with Gasteiger partial charge in [0.2, 0.25) is 0 Å². The van der Waals surface area contributed by atoms with Crippen molar-refractivity contribution in [3.63, 3.8) is 0 Å². The number of nitrogens with two attached hydrogens (primary N) is 1. The lowest BCUT2D eigenvalue weighted by molar-refractivity contribution is 0.0779. The molecule has 1 aliphatic rings. The molecule has 1 aromatic heterocycles. The minimum Gasteiger partial charge on any atom is -0.336 e. The lowest BCUT2D eigenvalue weighted by Gasteiger charge is -2.16. The second kappa shape index (κ2) is 8.95. The van der Waals surface area contributed by atoms with Crippen LogP contribution in [0.2, 0.25) is 5.02 Å². The molecule has 2 heterocycles. The molecule has 0 unspecified atom stereocenters. The smallest absolute Gasteiger partial charge is 0.276 e. The van der Waals surface area contributed by atoms with Gasteiger partial charge in [0.15, 0.2) is 5.69 Å². The van der Waals surface area contributed by atoms with Crippen LogP contribution < -0.4 is 5.73 Å². The normalized spacial score (nSPS) is 18.5. The summed E-state index contributed by atoms with van der Waals surface area (Å²) < 4.78 is 1.61. The van der Waals surface area contributed by atoms with Crippen molar-refractivity contribution in [2.45, 2.75) is 12.8 Å². The fraction of sp³-hybridized carbons (Fsp3) is 0.286. The van der Waals surface area contributed by atoms with E-state index in [4.69, 9.17) is 17.3 Å². The summed E-state index contributed by atoms with van der Waals surface area (Å²) in [5.41, 5.74) is 8.95. The summed E-state index contributed by atoms with van der Waals surface area (Å²) in [7, 11) is 0. The van der Waals surface area contributed by atoms with Gasteiger partial charge in [-0.25, -0.2) is 4.68 Å². The first-order chi connectivity index (χ1) is 13.6. The maximum Gasteiger partial charge on any atom is 0.276 e. The number of carbonyl (C=O) groups is 1. The maximum atomic E-state index is 13.2. The van der Waals surface area contributed by atoms with Crippen LogP contribution in [-0.2, 0) is 0 Å². The Kier molecular flexibility index (Phi) is 6.57. The van der Waals surface area contributed by atoms with Gasteiger partial charge in [-0.2, -0.15) is 0 Å². The van der Waals surface area contributed by atoms with Gasteiger partial charge in [-0.15, -0.1) is 17.5 Å². The van der Waals surface area contributed by atoms with E-state index in [1.807, 2.05) is 48.2 Å². The van der Waals surface area contributed by atoms with Gasteiger partial charge < -0.3 is 10.6 Å². The number of likely N-dealkylation sites (tertiary alicyclic amines) is 1. The van der Waals surface area contributed by atoms with Crippen molar-refractivity contribution in [3.05, 3.63) is 76.6 Å². The highest BCUT2D eigenvalue weighted by molar-refractivity contribution is 6.32. The lowest BCUT2D eigenvalue weighted by atomic mass is 9.89. The number of hydrogen-bond acceptors (Lipinski definition) is 4. The highest BCUT2D eigenvalue weighted by Gasteiger charge is 2.37. The van der Waals surface area contributed by atoms with E-state index in [1.165, 1.54) is 5.56 Å². The summed E-state index contributed by atoms with van der Waals surface area (Å²) in [6.07, 6.45) is 0. The van der Waals surface area contributed by atoms with Crippen molar-refractivity contribution in [2.24, 2.45) is 11.7 Å². The van der Waals surface area contributed by atoms with E-state index < -0.39 is 0 Å². The molecular weight excluding hydrogens is 409 g/mol. The number of para-hydroxylation sites is 1. The number of nitrogens with zero attached hydrogens (tertiary/aromatic N) is 4. The van der Waals surface area contributed by atoms with Crippen molar-refractivity contribution in [3.8, 4) is 5.69 Å². The Bertz CT molecular complexity index is 992. The molecule has 0 radical (unpaired) electrons. The third-order valence-corrected chi connectivity index (χ3v) is 5.76. The third kappa shape index (κ3) is 4.01. The monoisotopic (exact) mass is 431 g/mol. The van der Waals surface area contributed by atoms with Crippen molar-refractivity contribution >= 4 is 29.9 Å². The zero-order valence-corrected chi connectivity index (χ0v) is 17.6. The van der Waals surface area contributed by atoms with Crippen LogP contribution in [0.25, 0.3) is 5.69 Å². The van der Waals surface area contributed by atoms with Gasteiger partial charge in [-0.05, 0) is 37.1 Å². The molecule has 6 nitrogen and oxygen atoms in total. The number of aromatic nitrogens is 3. The number of halogens is 2. The molecule has 1 fully saturated rings. The van der Waals surface area contributed by atoms with Crippen molar-refractivity contribution in [1.29, 1.82) is 0 Å². The quantitative estimate of drug-likeness (QED) is 0.685. The number of hydrogen-bond donors (Lipinski definition) is 1. The molecule has 2 N–H and O–H groups in total. The Labute approximate surface area is 181 Å². The molecular formula is C21H23Cl2N5O. The molecule has 0 aliphatic carbocycles. The second-order valence-corrected chi connectivity index (χ2v) is 7.52. The molecule has 29 heavy (non-hydrogen) atoms. The van der Waals surface area contributed by atoms with Gasteiger partial charge >= 0.3 is 0 Å². The Morgan fingerprint density at radius 3 is 2.52 bits per heavy atom. The van der Waals surface area contributed by atoms with E-state index in [0.717, 1.165) is 0 Å². The minimum absolute atomic E-state index is 0. The van der Waals surface area contributed by atoms with Gasteiger partial charge in [-0.1, -0.05) is 59.3 Å². The van der Waals surface area contributed by atoms with Crippen molar-refractivity contribution < 1.29 is 4.79 Å². The highest BCUT2D eigenvalue weighted by Crippen LogP contribution is 2.33. The third-order valence-electron chi connectivity index (χ3n) is 5.44. The van der Waals surface area contributed by atoms with E-state index in [1.54, 1.807) is 10.7 Å². The van der Waals surface area contributed by atoms with Gasteiger partial charge in [0, 0.05) is 19.0 Å². The Morgan fingerprint density at radius 1 is 1.14 bits per heavy atom. The summed E-state index contributed by atoms with van der Waals surface area (Å²) in [6.45, 7) is 3.62. The van der Waals surface area contributed by atoms with Crippen LogP contribution in [0.4, 0.5) is 0 Å².